The molecule has 2 aromatic rings. The van der Waals surface area contributed by atoms with Crippen LogP contribution in [0.25, 0.3) is 0 Å². The average Bonchev–Trinajstić information content (AvgIpc) is 2.78. The second-order valence-corrected chi connectivity index (χ2v) is 5.39. The van der Waals surface area contributed by atoms with Gasteiger partial charge in [-0.25, -0.2) is 4.39 Å². The van der Waals surface area contributed by atoms with E-state index in [1.54, 1.807) is 17.4 Å². The summed E-state index contributed by atoms with van der Waals surface area (Å²) >= 11 is 1.75. The van der Waals surface area contributed by atoms with Crippen LogP contribution in [-0.4, -0.2) is 0 Å². The van der Waals surface area contributed by atoms with Gasteiger partial charge in [-0.15, -0.1) is 11.3 Å². The zero-order chi connectivity index (χ0) is 13.0. The molecule has 0 aliphatic carbocycles. The van der Waals surface area contributed by atoms with Crippen LogP contribution in [0, 0.1) is 12.7 Å². The summed E-state index contributed by atoms with van der Waals surface area (Å²) in [6, 6.07) is 9.20. The highest BCUT2D eigenvalue weighted by Crippen LogP contribution is 2.22. The van der Waals surface area contributed by atoms with Crippen molar-refractivity contribution < 1.29 is 4.39 Å². The summed E-state index contributed by atoms with van der Waals surface area (Å²) in [6.45, 7) is 4.99. The van der Waals surface area contributed by atoms with Crippen LogP contribution in [0.4, 0.5) is 4.39 Å². The molecule has 96 valence electrons. The standard InChI is InChI=1S/C15H18FNS/c1-3-14(12-6-4-5-7-13(12)16)17-10-15-11(2)8-9-18-15/h4-9,14,17H,3,10H2,1-2H3. The van der Waals surface area contributed by atoms with Crippen LogP contribution >= 0.6 is 11.3 Å². The third kappa shape index (κ3) is 2.98. The second kappa shape index (κ2) is 6.12. The summed E-state index contributed by atoms with van der Waals surface area (Å²) in [4.78, 5) is 1.32. The average molecular weight is 263 g/mol. The molecule has 3 heteroatoms. The Morgan fingerprint density at radius 3 is 2.67 bits per heavy atom. The highest BCUT2D eigenvalue weighted by molar-refractivity contribution is 7.10. The molecule has 0 spiro atoms. The maximum Gasteiger partial charge on any atom is 0.127 e. The summed E-state index contributed by atoms with van der Waals surface area (Å²) in [5.74, 6) is -0.125. The van der Waals surface area contributed by atoms with Crippen LogP contribution in [0.15, 0.2) is 35.7 Å². The van der Waals surface area contributed by atoms with Crippen LogP contribution in [0.1, 0.15) is 35.4 Å². The van der Waals surface area contributed by atoms with Gasteiger partial charge in [-0.05, 0) is 36.4 Å². The van der Waals surface area contributed by atoms with Gasteiger partial charge < -0.3 is 5.32 Å². The van der Waals surface area contributed by atoms with Crippen molar-refractivity contribution >= 4 is 11.3 Å². The monoisotopic (exact) mass is 263 g/mol. The lowest BCUT2D eigenvalue weighted by Crippen LogP contribution is -2.21. The fraction of sp³-hybridized carbons (Fsp3) is 0.333. The Kier molecular flexibility index (Phi) is 4.50. The van der Waals surface area contributed by atoms with Crippen LogP contribution in [0.3, 0.4) is 0 Å². The molecule has 0 aliphatic rings. The summed E-state index contributed by atoms with van der Waals surface area (Å²) in [6.07, 6.45) is 0.880. The molecule has 1 aromatic carbocycles. The van der Waals surface area contributed by atoms with E-state index in [2.05, 4.69) is 30.6 Å². The van der Waals surface area contributed by atoms with Crippen molar-refractivity contribution in [2.45, 2.75) is 32.9 Å². The Morgan fingerprint density at radius 2 is 2.06 bits per heavy atom. The fourth-order valence-electron chi connectivity index (χ4n) is 2.03. The Bertz CT molecular complexity index is 507. The molecule has 0 radical (unpaired) electrons. The number of hydrogen-bond acceptors (Lipinski definition) is 2. The lowest BCUT2D eigenvalue weighted by atomic mass is 10.0. The highest BCUT2D eigenvalue weighted by Gasteiger charge is 2.13. The van der Waals surface area contributed by atoms with Gasteiger partial charge in [0.2, 0.25) is 0 Å². The van der Waals surface area contributed by atoms with Gasteiger partial charge in [0.25, 0.3) is 0 Å². The SMILES string of the molecule is CCC(NCc1sccc1C)c1ccccc1F. The molecular weight excluding hydrogens is 245 g/mol. The van der Waals surface area contributed by atoms with E-state index in [9.17, 15) is 4.39 Å². The van der Waals surface area contributed by atoms with Crippen molar-refractivity contribution in [3.05, 3.63) is 57.5 Å². The normalized spacial score (nSPS) is 12.6. The lowest BCUT2D eigenvalue weighted by molar-refractivity contribution is 0.489. The first kappa shape index (κ1) is 13.2. The summed E-state index contributed by atoms with van der Waals surface area (Å²) in [5.41, 5.74) is 2.06. The minimum absolute atomic E-state index is 0.0766. The van der Waals surface area contributed by atoms with Gasteiger partial charge in [-0.2, -0.15) is 0 Å². The van der Waals surface area contributed by atoms with Gasteiger partial charge in [-0.3, -0.25) is 0 Å². The van der Waals surface area contributed by atoms with Crippen molar-refractivity contribution in [3.8, 4) is 0 Å². The molecule has 0 amide bonds. The molecule has 1 aromatic heterocycles. The van der Waals surface area contributed by atoms with Gasteiger partial charge in [-0.1, -0.05) is 25.1 Å². The molecule has 0 saturated heterocycles. The van der Waals surface area contributed by atoms with E-state index in [4.69, 9.17) is 0 Å². The Hall–Kier alpha value is -1.19. The van der Waals surface area contributed by atoms with E-state index in [0.717, 1.165) is 18.5 Å². The van der Waals surface area contributed by atoms with Crippen molar-refractivity contribution in [3.63, 3.8) is 0 Å². The molecule has 2 rings (SSSR count). The zero-order valence-electron chi connectivity index (χ0n) is 10.7. The predicted molar refractivity (Wildman–Crippen MR) is 75.3 cm³/mol. The van der Waals surface area contributed by atoms with Gasteiger partial charge in [0.05, 0.1) is 0 Å². The molecular formula is C15H18FNS. The number of hydrogen-bond donors (Lipinski definition) is 1. The van der Waals surface area contributed by atoms with Crippen LogP contribution in [0.2, 0.25) is 0 Å². The summed E-state index contributed by atoms with van der Waals surface area (Å²) in [7, 11) is 0. The topological polar surface area (TPSA) is 12.0 Å². The number of nitrogens with one attached hydrogen (secondary N) is 1. The predicted octanol–water partition coefficient (Wildman–Crippen LogP) is 4.44. The first-order chi connectivity index (χ1) is 8.72. The number of benzene rings is 1. The highest BCUT2D eigenvalue weighted by atomic mass is 32.1. The van der Waals surface area contributed by atoms with E-state index in [1.807, 2.05) is 12.1 Å². The molecule has 0 aliphatic heterocycles. The number of halogens is 1. The quantitative estimate of drug-likeness (QED) is 0.841. The fourth-order valence-corrected chi connectivity index (χ4v) is 2.89. The molecule has 1 atom stereocenters. The summed E-state index contributed by atoms with van der Waals surface area (Å²) in [5, 5.41) is 5.53. The largest absolute Gasteiger partial charge is 0.305 e. The number of aryl methyl sites for hydroxylation is 1. The molecule has 1 unspecified atom stereocenters. The van der Waals surface area contributed by atoms with Gasteiger partial charge in [0.15, 0.2) is 0 Å². The molecule has 1 N–H and O–H groups in total. The third-order valence-corrected chi connectivity index (χ3v) is 4.19. The van der Waals surface area contributed by atoms with Gasteiger partial charge >= 0.3 is 0 Å². The smallest absolute Gasteiger partial charge is 0.127 e. The van der Waals surface area contributed by atoms with E-state index in [0.29, 0.717) is 0 Å². The maximum atomic E-state index is 13.7. The third-order valence-electron chi connectivity index (χ3n) is 3.17. The first-order valence-corrected chi connectivity index (χ1v) is 7.11. The summed E-state index contributed by atoms with van der Waals surface area (Å²) < 4.78 is 13.7. The van der Waals surface area contributed by atoms with Crippen LogP contribution in [-0.2, 0) is 6.54 Å². The van der Waals surface area contributed by atoms with E-state index in [1.165, 1.54) is 16.5 Å². The van der Waals surface area contributed by atoms with E-state index < -0.39 is 0 Å². The van der Waals surface area contributed by atoms with Gasteiger partial charge in [0.1, 0.15) is 5.82 Å². The number of rotatable bonds is 5. The van der Waals surface area contributed by atoms with E-state index in [-0.39, 0.29) is 11.9 Å². The minimum Gasteiger partial charge on any atom is -0.305 e. The van der Waals surface area contributed by atoms with Crippen molar-refractivity contribution in [1.29, 1.82) is 0 Å². The molecule has 0 fully saturated rings. The van der Waals surface area contributed by atoms with Crippen LogP contribution < -0.4 is 5.32 Å². The van der Waals surface area contributed by atoms with Crippen molar-refractivity contribution in [2.24, 2.45) is 0 Å². The molecule has 0 saturated carbocycles. The van der Waals surface area contributed by atoms with Crippen LogP contribution in [0.5, 0.6) is 0 Å². The maximum absolute atomic E-state index is 13.7. The van der Waals surface area contributed by atoms with Crippen molar-refractivity contribution in [1.82, 2.24) is 5.32 Å². The molecule has 1 heterocycles. The molecule has 1 nitrogen and oxygen atoms in total. The van der Waals surface area contributed by atoms with Gasteiger partial charge in [0, 0.05) is 23.0 Å². The molecule has 18 heavy (non-hydrogen) atoms. The van der Waals surface area contributed by atoms with E-state index >= 15 is 0 Å². The second-order valence-electron chi connectivity index (χ2n) is 4.39. The molecule has 0 bridgehead atoms. The lowest BCUT2D eigenvalue weighted by Gasteiger charge is -2.18. The Balaban J connectivity index is 2.07. The first-order valence-electron chi connectivity index (χ1n) is 6.23. The van der Waals surface area contributed by atoms with Crippen molar-refractivity contribution in [2.75, 3.05) is 0 Å². The zero-order valence-corrected chi connectivity index (χ0v) is 11.6. The number of thiophene rings is 1. The minimum atomic E-state index is -0.125. The Morgan fingerprint density at radius 1 is 1.28 bits per heavy atom. The Labute approximate surface area is 112 Å².